The van der Waals surface area contributed by atoms with Gasteiger partial charge < -0.3 is 5.11 Å². The quantitative estimate of drug-likeness (QED) is 0.778. The number of carboxylic acid groups (broad SMARTS) is 1. The van der Waals surface area contributed by atoms with Crippen molar-refractivity contribution in [3.8, 4) is 11.4 Å². The number of carbonyl (C=O) groups is 1. The second-order valence-electron chi connectivity index (χ2n) is 4.06. The molecule has 0 saturated carbocycles. The predicted octanol–water partition coefficient (Wildman–Crippen LogP) is 3.35. The Morgan fingerprint density at radius 3 is 2.79 bits per heavy atom. The van der Waals surface area contributed by atoms with Crippen LogP contribution in [-0.4, -0.2) is 20.5 Å². The number of aromatic nitrogens is 2. The van der Waals surface area contributed by atoms with E-state index in [9.17, 15) is 9.90 Å². The van der Waals surface area contributed by atoms with Crippen molar-refractivity contribution < 1.29 is 9.90 Å². The van der Waals surface area contributed by atoms with E-state index in [0.717, 1.165) is 5.56 Å². The Morgan fingerprint density at radius 1 is 1.21 bits per heavy atom. The van der Waals surface area contributed by atoms with E-state index in [2.05, 4.69) is 4.98 Å². The molecule has 3 rings (SSSR count). The minimum atomic E-state index is -1.04. The zero-order valence-electron chi connectivity index (χ0n) is 9.75. The Morgan fingerprint density at radius 2 is 2.05 bits per heavy atom. The Hall–Kier alpha value is -2.33. The molecule has 0 fully saturated rings. The van der Waals surface area contributed by atoms with E-state index in [1.807, 2.05) is 18.2 Å². The van der Waals surface area contributed by atoms with Crippen molar-refractivity contribution >= 4 is 23.1 Å². The molecule has 1 aromatic carbocycles. The van der Waals surface area contributed by atoms with Gasteiger partial charge in [0.25, 0.3) is 0 Å². The van der Waals surface area contributed by atoms with E-state index < -0.39 is 5.97 Å². The fraction of sp³-hybridized carbons (Fsp3) is 0. The highest BCUT2D eigenvalue weighted by molar-refractivity contribution is 6.30. The highest BCUT2D eigenvalue weighted by atomic mass is 35.5. The normalized spacial score (nSPS) is 10.8. The lowest BCUT2D eigenvalue weighted by molar-refractivity contribution is 0.0693. The number of hydrogen-bond donors (Lipinski definition) is 1. The highest BCUT2D eigenvalue weighted by Crippen LogP contribution is 2.24. The topological polar surface area (TPSA) is 54.6 Å². The van der Waals surface area contributed by atoms with Crippen molar-refractivity contribution in [3.63, 3.8) is 0 Å². The van der Waals surface area contributed by atoms with E-state index in [-0.39, 0.29) is 5.69 Å². The largest absolute Gasteiger partial charge is 0.476 e. The second-order valence-corrected chi connectivity index (χ2v) is 4.49. The van der Waals surface area contributed by atoms with Gasteiger partial charge in [0, 0.05) is 16.8 Å². The SMILES string of the molecule is O=C(O)c1nc(-c2cccc(Cl)c2)n2ccccc12. The molecule has 0 unspecified atom stereocenters. The number of rotatable bonds is 2. The van der Waals surface area contributed by atoms with E-state index in [0.29, 0.717) is 16.4 Å². The van der Waals surface area contributed by atoms with Gasteiger partial charge in [-0.1, -0.05) is 29.8 Å². The van der Waals surface area contributed by atoms with Gasteiger partial charge in [0.2, 0.25) is 0 Å². The summed E-state index contributed by atoms with van der Waals surface area (Å²) in [6.45, 7) is 0. The monoisotopic (exact) mass is 272 g/mol. The lowest BCUT2D eigenvalue weighted by Crippen LogP contribution is -1.96. The Kier molecular flexibility index (Phi) is 2.72. The van der Waals surface area contributed by atoms with Crippen LogP contribution in [0.4, 0.5) is 0 Å². The van der Waals surface area contributed by atoms with Crippen LogP contribution in [0.1, 0.15) is 10.5 Å². The van der Waals surface area contributed by atoms with Gasteiger partial charge in [-0.25, -0.2) is 9.78 Å². The molecule has 5 heteroatoms. The van der Waals surface area contributed by atoms with Crippen LogP contribution in [0.15, 0.2) is 48.7 Å². The molecule has 0 spiro atoms. The summed E-state index contributed by atoms with van der Waals surface area (Å²) in [6, 6.07) is 12.5. The summed E-state index contributed by atoms with van der Waals surface area (Å²) in [7, 11) is 0. The molecule has 0 bridgehead atoms. The molecule has 1 N–H and O–H groups in total. The fourth-order valence-electron chi connectivity index (χ4n) is 2.03. The highest BCUT2D eigenvalue weighted by Gasteiger charge is 2.17. The molecule has 94 valence electrons. The molecule has 19 heavy (non-hydrogen) atoms. The van der Waals surface area contributed by atoms with E-state index in [1.165, 1.54) is 0 Å². The number of nitrogens with zero attached hydrogens (tertiary/aromatic N) is 2. The second kappa shape index (κ2) is 4.40. The summed E-state index contributed by atoms with van der Waals surface area (Å²) < 4.78 is 1.75. The molecule has 0 atom stereocenters. The molecular formula is C14H9ClN2O2. The predicted molar refractivity (Wildman–Crippen MR) is 72.6 cm³/mol. The average molecular weight is 273 g/mol. The van der Waals surface area contributed by atoms with Crippen LogP contribution in [0.3, 0.4) is 0 Å². The zero-order valence-corrected chi connectivity index (χ0v) is 10.5. The molecule has 2 aromatic heterocycles. The molecule has 4 nitrogen and oxygen atoms in total. The van der Waals surface area contributed by atoms with E-state index >= 15 is 0 Å². The third-order valence-corrected chi connectivity index (χ3v) is 3.07. The maximum absolute atomic E-state index is 11.2. The van der Waals surface area contributed by atoms with Crippen molar-refractivity contribution in [1.29, 1.82) is 0 Å². The Bertz CT molecular complexity index is 780. The van der Waals surface area contributed by atoms with Crippen molar-refractivity contribution in [2.45, 2.75) is 0 Å². The first-order chi connectivity index (χ1) is 9.16. The van der Waals surface area contributed by atoms with Crippen LogP contribution in [0, 0.1) is 0 Å². The number of hydrogen-bond acceptors (Lipinski definition) is 2. The van der Waals surface area contributed by atoms with Crippen LogP contribution in [0.25, 0.3) is 16.9 Å². The molecule has 0 radical (unpaired) electrons. The maximum atomic E-state index is 11.2. The van der Waals surface area contributed by atoms with Crippen LogP contribution in [-0.2, 0) is 0 Å². The number of halogens is 1. The molecule has 0 saturated heterocycles. The van der Waals surface area contributed by atoms with Crippen LogP contribution < -0.4 is 0 Å². The molecule has 0 aliphatic rings. The minimum Gasteiger partial charge on any atom is -0.476 e. The van der Waals surface area contributed by atoms with Crippen LogP contribution >= 0.6 is 11.6 Å². The average Bonchev–Trinajstić information content (AvgIpc) is 2.78. The van der Waals surface area contributed by atoms with Gasteiger partial charge in [-0.15, -0.1) is 0 Å². The lowest BCUT2D eigenvalue weighted by atomic mass is 10.2. The summed E-state index contributed by atoms with van der Waals surface area (Å²) in [5, 5.41) is 9.78. The number of carboxylic acids is 1. The van der Waals surface area contributed by atoms with Crippen molar-refractivity contribution in [2.24, 2.45) is 0 Å². The summed E-state index contributed by atoms with van der Waals surface area (Å²) in [5.41, 5.74) is 1.38. The van der Waals surface area contributed by atoms with E-state index in [4.69, 9.17) is 11.6 Å². The van der Waals surface area contributed by atoms with Gasteiger partial charge >= 0.3 is 5.97 Å². The third-order valence-electron chi connectivity index (χ3n) is 2.83. The number of aromatic carboxylic acids is 1. The van der Waals surface area contributed by atoms with Gasteiger partial charge in [-0.2, -0.15) is 0 Å². The molecule has 2 heterocycles. The summed E-state index contributed by atoms with van der Waals surface area (Å²) in [5.74, 6) is -0.479. The summed E-state index contributed by atoms with van der Waals surface area (Å²) in [6.07, 6.45) is 1.78. The molecule has 0 aliphatic heterocycles. The van der Waals surface area contributed by atoms with Crippen molar-refractivity contribution in [3.05, 3.63) is 59.4 Å². The van der Waals surface area contributed by atoms with Crippen LogP contribution in [0.2, 0.25) is 5.02 Å². The number of fused-ring (bicyclic) bond motifs is 1. The third kappa shape index (κ3) is 1.96. The Labute approximate surface area is 113 Å². The molecule has 0 aliphatic carbocycles. The van der Waals surface area contributed by atoms with Gasteiger partial charge in [-0.05, 0) is 24.3 Å². The molecule has 3 aromatic rings. The summed E-state index contributed by atoms with van der Waals surface area (Å²) in [4.78, 5) is 15.4. The van der Waals surface area contributed by atoms with Gasteiger partial charge in [0.05, 0.1) is 5.52 Å². The van der Waals surface area contributed by atoms with Gasteiger partial charge in [0.1, 0.15) is 5.82 Å². The first kappa shape index (κ1) is 11.7. The van der Waals surface area contributed by atoms with Crippen molar-refractivity contribution in [2.75, 3.05) is 0 Å². The number of benzene rings is 1. The summed E-state index contributed by atoms with van der Waals surface area (Å²) >= 11 is 5.96. The molecular weight excluding hydrogens is 264 g/mol. The number of imidazole rings is 1. The minimum absolute atomic E-state index is 0.0376. The van der Waals surface area contributed by atoms with Crippen LogP contribution in [0.5, 0.6) is 0 Å². The van der Waals surface area contributed by atoms with Gasteiger partial charge in [-0.3, -0.25) is 4.40 Å². The van der Waals surface area contributed by atoms with E-state index in [1.54, 1.807) is 34.9 Å². The lowest BCUT2D eigenvalue weighted by Gasteiger charge is -2.01. The Balaban J connectivity index is 2.33. The van der Waals surface area contributed by atoms with Gasteiger partial charge in [0.15, 0.2) is 5.69 Å². The smallest absolute Gasteiger partial charge is 0.356 e. The zero-order chi connectivity index (χ0) is 13.4. The maximum Gasteiger partial charge on any atom is 0.356 e. The number of pyridine rings is 1. The first-order valence-corrected chi connectivity index (χ1v) is 6.01. The first-order valence-electron chi connectivity index (χ1n) is 5.63. The molecule has 0 amide bonds. The standard InChI is InChI=1S/C14H9ClN2O2/c15-10-5-3-4-9(8-10)13-16-12(14(18)19)11-6-1-2-7-17(11)13/h1-8H,(H,18,19). The van der Waals surface area contributed by atoms with Crippen molar-refractivity contribution in [1.82, 2.24) is 9.38 Å². The fourth-order valence-corrected chi connectivity index (χ4v) is 2.22.